The summed E-state index contributed by atoms with van der Waals surface area (Å²) in [5.74, 6) is -30.5. The number of carbonyl (C=O) groups is 22. The summed E-state index contributed by atoms with van der Waals surface area (Å²) in [6, 6.07) is 5.62. The summed E-state index contributed by atoms with van der Waals surface area (Å²) in [7, 11) is 0. The van der Waals surface area contributed by atoms with Crippen molar-refractivity contribution in [3.63, 3.8) is 0 Å². The maximum atomic E-state index is 15.3. The summed E-state index contributed by atoms with van der Waals surface area (Å²) in [6.07, 6.45) is -6.40. The molecule has 6 rings (SSSR count). The number of carbonyl (C=O) groups excluding carboxylic acids is 9. The van der Waals surface area contributed by atoms with Crippen molar-refractivity contribution in [2.24, 2.45) is 0 Å². The highest BCUT2D eigenvalue weighted by molar-refractivity contribution is 6.05. The van der Waals surface area contributed by atoms with E-state index in [-0.39, 0.29) is 82.1 Å². The van der Waals surface area contributed by atoms with Crippen LogP contribution >= 0.6 is 0 Å². The van der Waals surface area contributed by atoms with Gasteiger partial charge in [-0.15, -0.1) is 0 Å². The largest absolute Gasteiger partial charge is 0.508 e. The molecule has 52 heteroatoms. The van der Waals surface area contributed by atoms with Crippen LogP contribution in [0.25, 0.3) is 10.8 Å². The molecule has 10 amide bonds. The number of unbranched alkanes of at least 4 members (excludes halogenated alkanes) is 1. The first-order valence-electron chi connectivity index (χ1n) is 43.0. The fraction of sp³-hybridized carbons (Fsp3) is 0.398. The number of amides is 10. The first-order chi connectivity index (χ1) is 66.1. The molecule has 0 saturated carbocycles. The molecule has 754 valence electrons. The number of hydrogen-bond acceptors (Lipinski definition) is 28. The van der Waals surface area contributed by atoms with Crippen LogP contribution < -0.4 is 58.5 Å². The molecule has 0 spiro atoms. The highest BCUT2D eigenvalue weighted by Crippen LogP contribution is 2.21. The van der Waals surface area contributed by atoms with Crippen molar-refractivity contribution in [2.75, 3.05) is 91.6 Å². The highest BCUT2D eigenvalue weighted by atomic mass is 16.4. The third-order valence-corrected chi connectivity index (χ3v) is 21.4. The number of carboxylic acid groups (broad SMARTS) is 13. The van der Waals surface area contributed by atoms with Gasteiger partial charge in [-0.1, -0.05) is 60.7 Å². The smallest absolute Gasteiger partial charge is 0.352 e. The number of phenols is 1. The zero-order chi connectivity index (χ0) is 104. The maximum Gasteiger partial charge on any atom is 0.352 e. The van der Waals surface area contributed by atoms with Crippen molar-refractivity contribution >= 4 is 147 Å². The maximum absolute atomic E-state index is 15.3. The summed E-state index contributed by atoms with van der Waals surface area (Å²) in [5, 5.41) is 174. The van der Waals surface area contributed by atoms with E-state index in [2.05, 4.69) is 42.5 Å². The Morgan fingerprint density at radius 1 is 0.364 bits per heavy atom. The average molecular weight is 1960 g/mol. The normalized spacial score (nSPS) is 14.5. The molecule has 5 aromatic rings. The lowest BCUT2D eigenvalue weighted by Gasteiger charge is -2.35. The molecule has 0 aliphatic carbocycles. The average Bonchev–Trinajstić information content (AvgIpc) is 0.826. The molecule has 0 bridgehead atoms. The molecule has 26 N–H and O–H groups in total. The summed E-state index contributed by atoms with van der Waals surface area (Å²) in [5.41, 5.74) is -3.89. The Kier molecular flexibility index (Phi) is 44.3. The van der Waals surface area contributed by atoms with E-state index < -0.39 is 328 Å². The van der Waals surface area contributed by atoms with Crippen molar-refractivity contribution in [3.8, 4) is 5.75 Å². The van der Waals surface area contributed by atoms with E-state index in [9.17, 15) is 162 Å². The third-order valence-electron chi connectivity index (χ3n) is 21.4. The van der Waals surface area contributed by atoms with Gasteiger partial charge >= 0.3 is 83.6 Å². The number of aromatic hydroxyl groups is 1. The lowest BCUT2D eigenvalue weighted by molar-refractivity contribution is -0.145. The van der Waals surface area contributed by atoms with E-state index in [1.54, 1.807) is 42.5 Å². The van der Waals surface area contributed by atoms with Gasteiger partial charge in [-0.05, 0) is 115 Å². The van der Waals surface area contributed by atoms with Crippen LogP contribution in [0.3, 0.4) is 0 Å². The van der Waals surface area contributed by atoms with Crippen LogP contribution in [0.5, 0.6) is 5.75 Å². The second-order valence-electron chi connectivity index (χ2n) is 31.9. The number of amidine groups is 1. The lowest BCUT2D eigenvalue weighted by Crippen LogP contribution is -2.60. The molecule has 0 radical (unpaired) electrons. The second-order valence-corrected chi connectivity index (χ2v) is 31.9. The molecule has 1 aliphatic rings. The number of carboxylic acids is 13. The Morgan fingerprint density at radius 3 is 1.29 bits per heavy atom. The zero-order valence-electron chi connectivity index (χ0n) is 74.6. The van der Waals surface area contributed by atoms with Crippen LogP contribution in [-0.2, 0) is 89.6 Å². The van der Waals surface area contributed by atoms with E-state index >= 15 is 9.59 Å². The molecule has 140 heavy (non-hydrogen) atoms. The minimum atomic E-state index is -1.98. The Morgan fingerprint density at radius 2 is 0.807 bits per heavy atom. The number of benzene rings is 5. The quantitative estimate of drug-likeness (QED) is 0.00821. The predicted molar refractivity (Wildman–Crippen MR) is 480 cm³/mol. The Balaban J connectivity index is 1.24. The topological polar surface area (TPSA) is 828 Å². The van der Waals surface area contributed by atoms with Crippen LogP contribution in [-0.4, -0.2) is 368 Å². The summed E-state index contributed by atoms with van der Waals surface area (Å²) in [4.78, 5) is 290. The van der Waals surface area contributed by atoms with E-state index in [1.807, 2.05) is 16.0 Å². The number of rotatable bonds is 55. The molecular weight excluding hydrogens is 1860 g/mol. The van der Waals surface area contributed by atoms with Crippen LogP contribution in [0.1, 0.15) is 139 Å². The molecule has 1 aliphatic heterocycles. The van der Waals surface area contributed by atoms with E-state index in [1.165, 1.54) is 43.9 Å². The van der Waals surface area contributed by atoms with Gasteiger partial charge in [-0.3, -0.25) is 87.3 Å². The summed E-state index contributed by atoms with van der Waals surface area (Å²) < 4.78 is 0. The van der Waals surface area contributed by atoms with Gasteiger partial charge in [0, 0.05) is 115 Å². The monoisotopic (exact) mass is 1960 g/mol. The van der Waals surface area contributed by atoms with Crippen molar-refractivity contribution < 1.29 is 177 Å². The van der Waals surface area contributed by atoms with Crippen molar-refractivity contribution in [1.82, 2.24) is 78.1 Å². The van der Waals surface area contributed by atoms with Crippen LogP contribution in [0.2, 0.25) is 0 Å². The number of urea groups is 1. The second kappa shape index (κ2) is 55.4. The fourth-order valence-electron chi connectivity index (χ4n) is 14.2. The van der Waals surface area contributed by atoms with E-state index in [4.69, 9.17) is 10.5 Å². The Hall–Kier alpha value is -16.6. The van der Waals surface area contributed by atoms with Crippen LogP contribution in [0.15, 0.2) is 115 Å². The molecule has 52 nitrogen and oxygen atoms in total. The van der Waals surface area contributed by atoms with E-state index in [0.717, 1.165) is 36.4 Å². The first kappa shape index (κ1) is 112. The number of nitrogens with one attached hydrogen (secondary N) is 12. The van der Waals surface area contributed by atoms with Gasteiger partial charge in [0.2, 0.25) is 41.4 Å². The van der Waals surface area contributed by atoms with Gasteiger partial charge in [0.1, 0.15) is 65.6 Å². The van der Waals surface area contributed by atoms with Gasteiger partial charge in [0.05, 0.1) is 48.3 Å². The molecule has 5 aromatic carbocycles. The highest BCUT2D eigenvalue weighted by Gasteiger charge is 2.37. The predicted octanol–water partition coefficient (Wildman–Crippen LogP) is -2.61. The minimum Gasteiger partial charge on any atom is -0.508 e. The number of nitrogens with zero attached hydrogens (tertiary/aromatic N) is 4. The Bertz CT molecular complexity index is 5400. The fourth-order valence-corrected chi connectivity index (χ4v) is 14.2. The molecule has 0 aromatic heterocycles. The molecule has 1 heterocycles. The third kappa shape index (κ3) is 39.0. The number of phenolic OH excluding ortho intramolecular Hbond substituents is 1. The first-order valence-corrected chi connectivity index (χ1v) is 43.0. The minimum absolute atomic E-state index is 0.0121. The summed E-state index contributed by atoms with van der Waals surface area (Å²) >= 11 is 0. The van der Waals surface area contributed by atoms with Gasteiger partial charge < -0.3 is 130 Å². The van der Waals surface area contributed by atoms with Gasteiger partial charge in [0.25, 0.3) is 5.91 Å². The number of fused-ring (bicyclic) bond motifs is 1. The molecule has 8 atom stereocenters. The number of aromatic carboxylic acids is 4. The van der Waals surface area contributed by atoms with Crippen molar-refractivity contribution in [1.29, 1.82) is 5.41 Å². The van der Waals surface area contributed by atoms with Gasteiger partial charge in [0.15, 0.2) is 0 Å². The van der Waals surface area contributed by atoms with Gasteiger partial charge in [-0.25, -0.2) is 43.2 Å². The number of hydrogen-bond donors (Lipinski definition) is 26. The van der Waals surface area contributed by atoms with Crippen molar-refractivity contribution in [2.45, 2.75) is 132 Å². The standard InChI is InChI=1S/C88H106N16O36/c89-73(50-35-52(79(122)123)39-53(36-50)80(124)125)92-42-64(94-67(107)20-18-65(87(138)139)104-30-28-102(44-71(113)114)26-24-101(43-70(111)112)25-27-103(29-31-104)45-72(115)116)78(121)98-61(33-46-11-14-56(105)15-12-46)77(120)97-62(34-47-10-13-48-6-1-2-7-49(48)32-47)76(119)95-58(84(132)133)8-3-4-22-91-75(118)63(96-74(117)51-37-54(81(126)127)40-55(38-51)82(128)129)41-68(108)90-23-5-9-57(83(130)131)93-66(106)19-16-59(85(134)135)99-88(140)100-60(86(136)137)17-21-69(109)110/h1-2,6-7,9-15,32,35-40,58-65,105H,3-5,8,16-31,33-34,41-45H2,(H2,89,92)(H,90,108)(H,91,118)(H,93,106)(H,94,107)(H,95,119)(H,96,117)(H,97,120)(H,98,121)(H,109,110)(H,111,112)(H,113,114)(H,115,116)(H,122,123)(H,124,125)(H,126,127)(H,128,129)(H,130,131)(H,132,133)(H,134,135)(H,136,137)(H,138,139)(H2,99,100,140)/b57-9+/t58-,59+,60+,61-,62-,63-,64?,65?/m1/s1. The zero-order valence-corrected chi connectivity index (χ0v) is 74.6. The molecule has 2 unspecified atom stereocenters. The lowest BCUT2D eigenvalue weighted by atomic mass is 9.99. The van der Waals surface area contributed by atoms with E-state index in [0.29, 0.717) is 22.4 Å². The van der Waals surface area contributed by atoms with Crippen LogP contribution in [0.4, 0.5) is 4.79 Å². The molecule has 1 saturated heterocycles. The Labute approximate surface area is 793 Å². The summed E-state index contributed by atoms with van der Waals surface area (Å²) in [6.45, 7) is -4.30. The van der Waals surface area contributed by atoms with Crippen molar-refractivity contribution in [3.05, 3.63) is 159 Å². The molecular formula is C88H106N16O36. The molecule has 1 fully saturated rings. The van der Waals surface area contributed by atoms with Crippen LogP contribution in [0, 0.1) is 5.41 Å². The number of aliphatic carboxylic acids is 9. The SMILES string of the molecule is N=C(NCC(NC(=O)CCC(C(=O)O)N1CCN(CC(=O)O)CCN(CC(=O)O)CCN(CC(=O)O)CC1)C(=O)N[C@H](Cc1ccc(O)cc1)C(=O)N[C@H](Cc1ccc2ccccc2c1)C(=O)N[C@H](CCCCNC(=O)[C@@H](CC(=O)NCC/C=C(/NC(=O)CC[C@H](NC(=O)N[C@@H](CCC(=O)O)C(=O)O)C(=O)O)C(=O)O)NC(=O)c1cc(C(=O)O)cc(C(=O)O)c1)C(=O)O)c1cc(C(=O)O)cc(C(=O)O)c1. The van der Waals surface area contributed by atoms with Gasteiger partial charge in [-0.2, -0.15) is 0 Å².